The molecule has 38 valence electrons. The first kappa shape index (κ1) is 6.47. The lowest BCUT2D eigenvalue weighted by atomic mass is 10.4. The van der Waals surface area contributed by atoms with Crippen LogP contribution in [0.1, 0.15) is 0 Å². The van der Waals surface area contributed by atoms with Gasteiger partial charge in [0.05, 0.1) is 5.75 Å². The van der Waals surface area contributed by atoms with Crippen molar-refractivity contribution in [1.82, 2.24) is 0 Å². The van der Waals surface area contributed by atoms with E-state index in [0.29, 0.717) is 0 Å². The number of ketones is 1. The van der Waals surface area contributed by atoms with Crippen LogP contribution in [-0.4, -0.2) is 17.4 Å². The second-order valence-electron chi connectivity index (χ2n) is 0.913. The highest BCUT2D eigenvalue weighted by Crippen LogP contribution is 1.74. The molecule has 0 rings (SSSR count). The number of hydrogen-bond donors (Lipinski definition) is 2. The maximum Gasteiger partial charge on any atom is 0.174 e. The first-order valence-corrected chi connectivity index (χ1v) is 2.33. The van der Waals surface area contributed by atoms with Crippen LogP contribution in [0.15, 0.2) is 6.08 Å². The molecule has 0 unspecified atom stereocenters. The predicted octanol–water partition coefficient (Wildman–Crippen LogP) is 0.290. The lowest BCUT2D eigenvalue weighted by Crippen LogP contribution is -1.91. The Morgan fingerprint density at radius 1 is 2.00 bits per heavy atom. The third-order valence-corrected chi connectivity index (χ3v) is 0.701. The smallest absolute Gasteiger partial charge is 0.174 e. The minimum Gasteiger partial charge on any atom is -0.293 e. The van der Waals surface area contributed by atoms with Crippen molar-refractivity contribution in [1.29, 1.82) is 5.41 Å². The molecule has 0 saturated heterocycles. The van der Waals surface area contributed by atoms with Gasteiger partial charge in [0.2, 0.25) is 0 Å². The van der Waals surface area contributed by atoms with Gasteiger partial charge in [0.25, 0.3) is 0 Å². The summed E-state index contributed by atoms with van der Waals surface area (Å²) in [4.78, 5) is 10.1. The van der Waals surface area contributed by atoms with Gasteiger partial charge in [-0.25, -0.2) is 0 Å². The van der Waals surface area contributed by atoms with Gasteiger partial charge in [-0.15, -0.1) is 0 Å². The summed E-state index contributed by atoms with van der Waals surface area (Å²) in [6, 6.07) is 0. The lowest BCUT2D eigenvalue weighted by Gasteiger charge is -1.74. The van der Waals surface area contributed by atoms with E-state index in [1.54, 1.807) is 0 Å². The molecular weight excluding hydrogens is 110 g/mol. The predicted molar refractivity (Wildman–Crippen MR) is 31.2 cm³/mol. The number of carbonyl (C=O) groups excluding carboxylic acids is 1. The summed E-state index contributed by atoms with van der Waals surface area (Å²) in [5.41, 5.74) is 0. The Morgan fingerprint density at radius 3 is 2.71 bits per heavy atom. The maximum absolute atomic E-state index is 10.1. The molecule has 0 amide bonds. The van der Waals surface area contributed by atoms with E-state index >= 15 is 0 Å². The summed E-state index contributed by atoms with van der Waals surface area (Å²) in [6.45, 7) is 0. The molecule has 3 heteroatoms. The van der Waals surface area contributed by atoms with Crippen molar-refractivity contribution in [2.45, 2.75) is 0 Å². The molecule has 0 aromatic heterocycles. The van der Waals surface area contributed by atoms with E-state index in [2.05, 4.69) is 12.6 Å². The minimum atomic E-state index is -0.182. The van der Waals surface area contributed by atoms with Crippen LogP contribution in [0.4, 0.5) is 0 Å². The molecule has 0 heterocycles. The molecule has 0 fully saturated rings. The van der Waals surface area contributed by atoms with Gasteiger partial charge >= 0.3 is 0 Å². The van der Waals surface area contributed by atoms with Crippen molar-refractivity contribution in [2.24, 2.45) is 0 Å². The topological polar surface area (TPSA) is 40.9 Å². The van der Waals surface area contributed by atoms with Gasteiger partial charge in [0.15, 0.2) is 5.78 Å². The Hall–Kier alpha value is -0.530. The van der Waals surface area contributed by atoms with Gasteiger partial charge in [-0.2, -0.15) is 12.6 Å². The van der Waals surface area contributed by atoms with E-state index in [0.717, 1.165) is 6.08 Å². The highest BCUT2D eigenvalue weighted by molar-refractivity contribution is 7.81. The van der Waals surface area contributed by atoms with Crippen molar-refractivity contribution in [3.05, 3.63) is 6.08 Å². The Kier molecular flexibility index (Phi) is 3.38. The number of hydrogen-bond acceptors (Lipinski definition) is 3. The molecule has 0 aromatic rings. The molecule has 0 atom stereocenters. The van der Waals surface area contributed by atoms with Gasteiger partial charge in [-0.3, -0.25) is 10.2 Å². The Labute approximate surface area is 47.1 Å². The number of nitrogens with one attached hydrogen (secondary N) is 1. The van der Waals surface area contributed by atoms with Crippen molar-refractivity contribution < 1.29 is 4.79 Å². The van der Waals surface area contributed by atoms with Crippen LogP contribution in [0, 0.1) is 5.41 Å². The molecule has 0 radical (unpaired) electrons. The van der Waals surface area contributed by atoms with E-state index in [1.165, 1.54) is 0 Å². The molecule has 1 N–H and O–H groups in total. The summed E-state index contributed by atoms with van der Waals surface area (Å²) in [6.07, 6.45) is 1.05. The zero-order valence-corrected chi connectivity index (χ0v) is 4.53. The molecule has 0 aliphatic heterocycles. The Balaban J connectivity index is 3.58. The summed E-state index contributed by atoms with van der Waals surface area (Å²) in [7, 11) is 0. The van der Waals surface area contributed by atoms with Crippen molar-refractivity contribution in [3.63, 3.8) is 0 Å². The molecule has 0 bridgehead atoms. The Morgan fingerprint density at radius 2 is 2.57 bits per heavy atom. The molecule has 2 nitrogen and oxygen atoms in total. The maximum atomic E-state index is 10.1. The average Bonchev–Trinajstić information content (AvgIpc) is 1.68. The minimum absolute atomic E-state index is 0.159. The summed E-state index contributed by atoms with van der Waals surface area (Å²) in [5.74, 6) is 1.82. The van der Waals surface area contributed by atoms with Gasteiger partial charge in [0.1, 0.15) is 0 Å². The molecule has 0 spiro atoms. The standard InChI is InChI=1S/C4H5NOS/c5-2-1-4(6)3-7/h1,5,7H,3H2. The van der Waals surface area contributed by atoms with Gasteiger partial charge in [0, 0.05) is 6.08 Å². The second kappa shape index (κ2) is 3.65. The SMILES string of the molecule is N=C=CC(=O)CS. The Bertz CT molecular complexity index is 115. The van der Waals surface area contributed by atoms with E-state index in [4.69, 9.17) is 5.41 Å². The molecule has 0 aliphatic rings. The van der Waals surface area contributed by atoms with Crippen LogP contribution in [0.5, 0.6) is 0 Å². The number of allylic oxidation sites excluding steroid dienone is 1. The van der Waals surface area contributed by atoms with E-state index in [1.807, 2.05) is 5.87 Å². The molecule has 0 saturated carbocycles. The van der Waals surface area contributed by atoms with Crippen LogP contribution in [-0.2, 0) is 4.79 Å². The van der Waals surface area contributed by atoms with Crippen molar-refractivity contribution in [2.75, 3.05) is 5.75 Å². The fourth-order valence-corrected chi connectivity index (χ4v) is 0.217. The lowest BCUT2D eigenvalue weighted by molar-refractivity contribution is -0.112. The first-order valence-electron chi connectivity index (χ1n) is 1.70. The van der Waals surface area contributed by atoms with E-state index < -0.39 is 0 Å². The monoisotopic (exact) mass is 115 g/mol. The van der Waals surface area contributed by atoms with Gasteiger partial charge in [-0.05, 0) is 5.87 Å². The highest BCUT2D eigenvalue weighted by Gasteiger charge is 1.85. The van der Waals surface area contributed by atoms with Crippen LogP contribution < -0.4 is 0 Å². The molecule has 0 aliphatic carbocycles. The second-order valence-corrected chi connectivity index (χ2v) is 1.23. The van der Waals surface area contributed by atoms with Crippen LogP contribution in [0.3, 0.4) is 0 Å². The van der Waals surface area contributed by atoms with E-state index in [-0.39, 0.29) is 11.5 Å². The zero-order valence-electron chi connectivity index (χ0n) is 3.64. The van der Waals surface area contributed by atoms with Gasteiger partial charge in [-0.1, -0.05) is 0 Å². The average molecular weight is 115 g/mol. The van der Waals surface area contributed by atoms with Crippen LogP contribution in [0.2, 0.25) is 0 Å². The largest absolute Gasteiger partial charge is 0.293 e. The first-order chi connectivity index (χ1) is 3.31. The molecular formula is C4H5NOS. The number of carbonyl (C=O) groups is 1. The summed E-state index contributed by atoms with van der Waals surface area (Å²) >= 11 is 3.65. The fraction of sp³-hybridized carbons (Fsp3) is 0.250. The quantitative estimate of drug-likeness (QED) is 0.303. The van der Waals surface area contributed by atoms with Crippen LogP contribution >= 0.6 is 12.6 Å². The zero-order chi connectivity index (χ0) is 5.70. The highest BCUT2D eigenvalue weighted by atomic mass is 32.1. The third kappa shape index (κ3) is 3.30. The van der Waals surface area contributed by atoms with E-state index in [9.17, 15) is 4.79 Å². The number of rotatable bonds is 2. The molecule has 7 heavy (non-hydrogen) atoms. The van der Waals surface area contributed by atoms with Crippen molar-refractivity contribution in [3.8, 4) is 0 Å². The number of thiol groups is 1. The normalized spacial score (nSPS) is 7.00. The summed E-state index contributed by atoms with van der Waals surface area (Å²) < 4.78 is 0. The van der Waals surface area contributed by atoms with Crippen molar-refractivity contribution >= 4 is 24.3 Å². The fourth-order valence-electron chi connectivity index (χ4n) is 0.126. The molecule has 0 aromatic carbocycles. The van der Waals surface area contributed by atoms with Gasteiger partial charge < -0.3 is 0 Å². The third-order valence-electron chi connectivity index (χ3n) is 0.389. The summed E-state index contributed by atoms with van der Waals surface area (Å²) in [5, 5.41) is 6.28. The van der Waals surface area contributed by atoms with Crippen LogP contribution in [0.25, 0.3) is 0 Å².